The van der Waals surface area contributed by atoms with Crippen LogP contribution in [0.25, 0.3) is 0 Å². The van der Waals surface area contributed by atoms with Gasteiger partial charge in [-0.2, -0.15) is 0 Å². The van der Waals surface area contributed by atoms with Gasteiger partial charge in [-0.05, 0) is 45.6 Å². The summed E-state index contributed by atoms with van der Waals surface area (Å²) in [7, 11) is 0. The molecule has 0 aromatic heterocycles. The molecule has 2 nitrogen and oxygen atoms in total. The van der Waals surface area contributed by atoms with E-state index < -0.39 is 0 Å². The summed E-state index contributed by atoms with van der Waals surface area (Å²) in [6.07, 6.45) is 11.6. The monoisotopic (exact) mass is 254 g/mol. The number of hydrogen-bond acceptors (Lipinski definition) is 2. The molecular weight excluding hydrogens is 220 g/mol. The van der Waals surface area contributed by atoms with Crippen LogP contribution < -0.4 is 5.73 Å². The molecule has 108 valence electrons. The van der Waals surface area contributed by atoms with Crippen molar-refractivity contribution in [3.05, 3.63) is 0 Å². The molecular formula is C16H34N2. The molecule has 18 heavy (non-hydrogen) atoms. The summed E-state index contributed by atoms with van der Waals surface area (Å²) in [6, 6.07) is 0.712. The van der Waals surface area contributed by atoms with E-state index in [0.717, 1.165) is 0 Å². The van der Waals surface area contributed by atoms with Gasteiger partial charge in [-0.25, -0.2) is 0 Å². The SMILES string of the molecule is CCCCN(CCC1(N)CCCCC1)C(C)CC. The van der Waals surface area contributed by atoms with Crippen molar-refractivity contribution in [1.82, 2.24) is 4.90 Å². The lowest BCUT2D eigenvalue weighted by atomic mass is 9.80. The molecule has 0 radical (unpaired) electrons. The number of hydrogen-bond donors (Lipinski definition) is 1. The van der Waals surface area contributed by atoms with Crippen LogP contribution in [0.4, 0.5) is 0 Å². The first kappa shape index (κ1) is 16.0. The highest BCUT2D eigenvalue weighted by atomic mass is 15.1. The van der Waals surface area contributed by atoms with Gasteiger partial charge < -0.3 is 10.6 Å². The average Bonchev–Trinajstić information content (AvgIpc) is 2.39. The first-order valence-corrected chi connectivity index (χ1v) is 8.14. The van der Waals surface area contributed by atoms with Crippen molar-refractivity contribution in [2.45, 2.75) is 90.1 Å². The van der Waals surface area contributed by atoms with Crippen LogP contribution in [-0.2, 0) is 0 Å². The summed E-state index contributed by atoms with van der Waals surface area (Å²) in [5, 5.41) is 0. The van der Waals surface area contributed by atoms with E-state index in [4.69, 9.17) is 5.73 Å². The zero-order valence-electron chi connectivity index (χ0n) is 12.9. The van der Waals surface area contributed by atoms with E-state index in [1.165, 1.54) is 70.9 Å². The molecule has 1 unspecified atom stereocenters. The van der Waals surface area contributed by atoms with E-state index in [-0.39, 0.29) is 5.54 Å². The van der Waals surface area contributed by atoms with Crippen LogP contribution in [0.2, 0.25) is 0 Å². The molecule has 0 spiro atoms. The second-order valence-corrected chi connectivity index (χ2v) is 6.32. The summed E-state index contributed by atoms with van der Waals surface area (Å²) in [5.74, 6) is 0. The van der Waals surface area contributed by atoms with Gasteiger partial charge in [-0.15, -0.1) is 0 Å². The Morgan fingerprint density at radius 1 is 1.11 bits per heavy atom. The number of nitrogens with zero attached hydrogens (tertiary/aromatic N) is 1. The average molecular weight is 254 g/mol. The van der Waals surface area contributed by atoms with Crippen LogP contribution in [0.1, 0.15) is 78.6 Å². The molecule has 1 fully saturated rings. The van der Waals surface area contributed by atoms with Crippen LogP contribution in [0.15, 0.2) is 0 Å². The predicted molar refractivity (Wildman–Crippen MR) is 80.9 cm³/mol. The van der Waals surface area contributed by atoms with Gasteiger partial charge in [0.2, 0.25) is 0 Å². The molecule has 0 aliphatic heterocycles. The van der Waals surface area contributed by atoms with E-state index in [1.54, 1.807) is 0 Å². The minimum Gasteiger partial charge on any atom is -0.325 e. The summed E-state index contributed by atoms with van der Waals surface area (Å²) < 4.78 is 0. The van der Waals surface area contributed by atoms with E-state index in [2.05, 4.69) is 25.7 Å². The Bertz CT molecular complexity index is 209. The van der Waals surface area contributed by atoms with Crippen LogP contribution in [-0.4, -0.2) is 29.6 Å². The van der Waals surface area contributed by atoms with Crippen LogP contribution in [0, 0.1) is 0 Å². The maximum absolute atomic E-state index is 6.55. The maximum Gasteiger partial charge on any atom is 0.0166 e. The Balaban J connectivity index is 2.39. The van der Waals surface area contributed by atoms with Crippen LogP contribution >= 0.6 is 0 Å². The van der Waals surface area contributed by atoms with Crippen molar-refractivity contribution in [1.29, 1.82) is 0 Å². The lowest BCUT2D eigenvalue weighted by Crippen LogP contribution is -2.46. The summed E-state index contributed by atoms with van der Waals surface area (Å²) in [6.45, 7) is 9.38. The Labute approximate surface area is 114 Å². The van der Waals surface area contributed by atoms with Gasteiger partial charge in [-0.3, -0.25) is 0 Å². The van der Waals surface area contributed by atoms with Crippen molar-refractivity contribution in [3.63, 3.8) is 0 Å². The second-order valence-electron chi connectivity index (χ2n) is 6.32. The van der Waals surface area contributed by atoms with Gasteiger partial charge in [0.1, 0.15) is 0 Å². The van der Waals surface area contributed by atoms with Crippen LogP contribution in [0.5, 0.6) is 0 Å². The smallest absolute Gasteiger partial charge is 0.0166 e. The van der Waals surface area contributed by atoms with Crippen molar-refractivity contribution in [3.8, 4) is 0 Å². The third kappa shape index (κ3) is 5.27. The molecule has 0 aromatic rings. The lowest BCUT2D eigenvalue weighted by Gasteiger charge is -2.37. The molecule has 0 heterocycles. The fourth-order valence-corrected chi connectivity index (χ4v) is 3.04. The minimum absolute atomic E-state index is 0.149. The third-order valence-electron chi connectivity index (χ3n) is 4.76. The molecule has 0 saturated heterocycles. The number of rotatable bonds is 8. The van der Waals surface area contributed by atoms with E-state index in [9.17, 15) is 0 Å². The van der Waals surface area contributed by atoms with Gasteiger partial charge in [0.15, 0.2) is 0 Å². The molecule has 0 bridgehead atoms. The molecule has 2 N–H and O–H groups in total. The van der Waals surface area contributed by atoms with E-state index >= 15 is 0 Å². The molecule has 1 rings (SSSR count). The molecule has 0 amide bonds. The third-order valence-corrected chi connectivity index (χ3v) is 4.76. The summed E-state index contributed by atoms with van der Waals surface area (Å²) in [4.78, 5) is 2.66. The van der Waals surface area contributed by atoms with Crippen molar-refractivity contribution in [2.75, 3.05) is 13.1 Å². The topological polar surface area (TPSA) is 29.3 Å². The van der Waals surface area contributed by atoms with Gasteiger partial charge in [0.05, 0.1) is 0 Å². The maximum atomic E-state index is 6.55. The van der Waals surface area contributed by atoms with Crippen molar-refractivity contribution < 1.29 is 0 Å². The quantitative estimate of drug-likeness (QED) is 0.711. The minimum atomic E-state index is 0.149. The Morgan fingerprint density at radius 3 is 2.33 bits per heavy atom. The Hall–Kier alpha value is -0.0800. The highest BCUT2D eigenvalue weighted by molar-refractivity contribution is 4.88. The molecule has 1 atom stereocenters. The fraction of sp³-hybridized carbons (Fsp3) is 1.00. The number of unbranched alkanes of at least 4 members (excludes halogenated alkanes) is 1. The molecule has 1 aliphatic carbocycles. The second kappa shape index (κ2) is 8.16. The molecule has 1 aliphatic rings. The van der Waals surface area contributed by atoms with Gasteiger partial charge in [0, 0.05) is 18.1 Å². The van der Waals surface area contributed by atoms with Crippen LogP contribution in [0.3, 0.4) is 0 Å². The predicted octanol–water partition coefficient (Wildman–Crippen LogP) is 3.94. The summed E-state index contributed by atoms with van der Waals surface area (Å²) in [5.41, 5.74) is 6.70. The van der Waals surface area contributed by atoms with Gasteiger partial charge >= 0.3 is 0 Å². The molecule has 2 heteroatoms. The Kier molecular flexibility index (Phi) is 7.25. The first-order valence-electron chi connectivity index (χ1n) is 8.14. The highest BCUT2D eigenvalue weighted by Gasteiger charge is 2.28. The Morgan fingerprint density at radius 2 is 1.78 bits per heavy atom. The van der Waals surface area contributed by atoms with Crippen molar-refractivity contribution >= 4 is 0 Å². The van der Waals surface area contributed by atoms with Crippen molar-refractivity contribution in [2.24, 2.45) is 5.73 Å². The standard InChI is InChI=1S/C16H34N2/c1-4-6-13-18(15(3)5-2)14-12-16(17)10-8-7-9-11-16/h15H,4-14,17H2,1-3H3. The van der Waals surface area contributed by atoms with E-state index in [0.29, 0.717) is 6.04 Å². The molecule has 0 aromatic carbocycles. The zero-order valence-corrected chi connectivity index (χ0v) is 12.9. The van der Waals surface area contributed by atoms with Gasteiger partial charge in [0.25, 0.3) is 0 Å². The number of nitrogens with two attached hydrogens (primary N) is 1. The zero-order chi connectivity index (χ0) is 13.4. The largest absolute Gasteiger partial charge is 0.325 e. The fourth-order valence-electron chi connectivity index (χ4n) is 3.04. The normalized spacial score (nSPS) is 21.2. The summed E-state index contributed by atoms with van der Waals surface area (Å²) >= 11 is 0. The highest BCUT2D eigenvalue weighted by Crippen LogP contribution is 2.29. The molecule has 1 saturated carbocycles. The van der Waals surface area contributed by atoms with E-state index in [1.807, 2.05) is 0 Å². The first-order chi connectivity index (χ1) is 8.61. The lowest BCUT2D eigenvalue weighted by molar-refractivity contribution is 0.165. The van der Waals surface area contributed by atoms with Gasteiger partial charge in [-0.1, -0.05) is 39.5 Å².